The first kappa shape index (κ1) is 16.3. The summed E-state index contributed by atoms with van der Waals surface area (Å²) in [6, 6.07) is 5.28. The summed E-state index contributed by atoms with van der Waals surface area (Å²) in [5.74, 6) is 0.405. The van der Waals surface area contributed by atoms with Crippen molar-refractivity contribution in [3.05, 3.63) is 28.2 Å². The SMILES string of the molecule is CC[C@H](C)[C@H](C)NCC(=O)Nc1cc(Cl)ccc1Cl. The molecule has 106 valence electrons. The molecule has 0 spiro atoms. The molecule has 0 saturated heterocycles. The van der Waals surface area contributed by atoms with E-state index < -0.39 is 0 Å². The van der Waals surface area contributed by atoms with Gasteiger partial charge in [-0.3, -0.25) is 4.79 Å². The van der Waals surface area contributed by atoms with Crippen LogP contribution in [0, 0.1) is 5.92 Å². The Morgan fingerprint density at radius 3 is 2.63 bits per heavy atom. The second-order valence-electron chi connectivity index (χ2n) is 4.73. The van der Waals surface area contributed by atoms with Gasteiger partial charge in [0.25, 0.3) is 0 Å². The minimum Gasteiger partial charge on any atom is -0.324 e. The lowest BCUT2D eigenvalue weighted by atomic mass is 10.0. The predicted octanol–water partition coefficient (Wildman–Crippen LogP) is 3.96. The molecule has 0 fully saturated rings. The highest BCUT2D eigenvalue weighted by Gasteiger charge is 2.12. The molecule has 1 aromatic rings. The molecule has 0 aromatic heterocycles. The largest absolute Gasteiger partial charge is 0.324 e. The summed E-state index contributed by atoms with van der Waals surface area (Å²) < 4.78 is 0. The molecule has 1 amide bonds. The van der Waals surface area contributed by atoms with Crippen LogP contribution in [-0.2, 0) is 4.79 Å². The zero-order valence-electron chi connectivity index (χ0n) is 11.5. The number of carbonyl (C=O) groups is 1. The molecule has 0 saturated carbocycles. The Hall–Kier alpha value is -0.770. The van der Waals surface area contributed by atoms with Gasteiger partial charge in [0.05, 0.1) is 17.3 Å². The highest BCUT2D eigenvalue weighted by molar-refractivity contribution is 6.35. The van der Waals surface area contributed by atoms with Gasteiger partial charge in [-0.15, -0.1) is 0 Å². The van der Waals surface area contributed by atoms with Crippen molar-refractivity contribution < 1.29 is 4.79 Å². The summed E-state index contributed by atoms with van der Waals surface area (Å²) in [6.07, 6.45) is 1.08. The Labute approximate surface area is 124 Å². The van der Waals surface area contributed by atoms with Crippen LogP contribution in [0.3, 0.4) is 0 Å². The fourth-order valence-corrected chi connectivity index (χ4v) is 1.93. The van der Waals surface area contributed by atoms with Crippen molar-refractivity contribution in [2.24, 2.45) is 5.92 Å². The van der Waals surface area contributed by atoms with Crippen molar-refractivity contribution >= 4 is 34.8 Å². The summed E-state index contributed by atoms with van der Waals surface area (Å²) in [4.78, 5) is 11.8. The Bertz CT molecular complexity index is 437. The Morgan fingerprint density at radius 2 is 2.00 bits per heavy atom. The van der Waals surface area contributed by atoms with E-state index in [1.54, 1.807) is 18.2 Å². The predicted molar refractivity (Wildman–Crippen MR) is 82.0 cm³/mol. The molecule has 1 rings (SSSR count). The highest BCUT2D eigenvalue weighted by Crippen LogP contribution is 2.25. The third-order valence-electron chi connectivity index (χ3n) is 3.28. The monoisotopic (exact) mass is 302 g/mol. The minimum atomic E-state index is -0.126. The van der Waals surface area contributed by atoms with E-state index in [4.69, 9.17) is 23.2 Å². The van der Waals surface area contributed by atoms with Crippen molar-refractivity contribution in [2.75, 3.05) is 11.9 Å². The van der Waals surface area contributed by atoms with Gasteiger partial charge in [-0.25, -0.2) is 0 Å². The van der Waals surface area contributed by atoms with E-state index in [1.165, 1.54) is 0 Å². The van der Waals surface area contributed by atoms with E-state index in [1.807, 2.05) is 0 Å². The van der Waals surface area contributed by atoms with Crippen LogP contribution in [0.1, 0.15) is 27.2 Å². The number of benzene rings is 1. The molecule has 0 heterocycles. The van der Waals surface area contributed by atoms with Gasteiger partial charge in [0.2, 0.25) is 5.91 Å². The second-order valence-corrected chi connectivity index (χ2v) is 5.57. The topological polar surface area (TPSA) is 41.1 Å². The lowest BCUT2D eigenvalue weighted by Crippen LogP contribution is -2.37. The maximum Gasteiger partial charge on any atom is 0.238 e. The molecule has 19 heavy (non-hydrogen) atoms. The number of halogens is 2. The van der Waals surface area contributed by atoms with Gasteiger partial charge in [0, 0.05) is 11.1 Å². The van der Waals surface area contributed by atoms with Crippen LogP contribution >= 0.6 is 23.2 Å². The molecule has 0 aliphatic carbocycles. The lowest BCUT2D eigenvalue weighted by molar-refractivity contribution is -0.115. The van der Waals surface area contributed by atoms with E-state index in [9.17, 15) is 4.79 Å². The summed E-state index contributed by atoms with van der Waals surface area (Å²) in [5, 5.41) is 6.97. The zero-order chi connectivity index (χ0) is 14.4. The molecule has 5 heteroatoms. The molecule has 0 radical (unpaired) electrons. The molecule has 2 N–H and O–H groups in total. The first-order valence-electron chi connectivity index (χ1n) is 6.42. The zero-order valence-corrected chi connectivity index (χ0v) is 13.0. The number of hydrogen-bond donors (Lipinski definition) is 2. The molecule has 0 unspecified atom stereocenters. The maximum atomic E-state index is 11.8. The number of rotatable bonds is 6. The van der Waals surface area contributed by atoms with Crippen molar-refractivity contribution in [2.45, 2.75) is 33.2 Å². The molecule has 3 nitrogen and oxygen atoms in total. The van der Waals surface area contributed by atoms with E-state index in [2.05, 4.69) is 31.4 Å². The van der Waals surface area contributed by atoms with Gasteiger partial charge < -0.3 is 10.6 Å². The first-order chi connectivity index (χ1) is 8.93. The Balaban J connectivity index is 2.49. The van der Waals surface area contributed by atoms with E-state index in [-0.39, 0.29) is 12.5 Å². The number of carbonyl (C=O) groups excluding carboxylic acids is 1. The first-order valence-corrected chi connectivity index (χ1v) is 7.18. The fourth-order valence-electron chi connectivity index (χ4n) is 1.60. The van der Waals surface area contributed by atoms with Crippen LogP contribution < -0.4 is 10.6 Å². The fraction of sp³-hybridized carbons (Fsp3) is 0.500. The molecule has 2 atom stereocenters. The van der Waals surface area contributed by atoms with Gasteiger partial charge in [-0.1, -0.05) is 43.5 Å². The van der Waals surface area contributed by atoms with Crippen LogP contribution in [0.25, 0.3) is 0 Å². The third kappa shape index (κ3) is 5.39. The van der Waals surface area contributed by atoms with Gasteiger partial charge in [-0.05, 0) is 31.0 Å². The number of anilines is 1. The molecule has 0 aliphatic heterocycles. The Morgan fingerprint density at radius 1 is 1.32 bits per heavy atom. The minimum absolute atomic E-state index is 0.126. The smallest absolute Gasteiger partial charge is 0.238 e. The molecule has 0 aliphatic rings. The molecular weight excluding hydrogens is 283 g/mol. The lowest BCUT2D eigenvalue weighted by Gasteiger charge is -2.19. The normalized spacial score (nSPS) is 13.9. The number of nitrogens with one attached hydrogen (secondary N) is 2. The third-order valence-corrected chi connectivity index (χ3v) is 3.85. The van der Waals surface area contributed by atoms with Crippen molar-refractivity contribution in [3.8, 4) is 0 Å². The maximum absolute atomic E-state index is 11.8. The summed E-state index contributed by atoms with van der Waals surface area (Å²) in [5.41, 5.74) is 0.539. The Kier molecular flexibility index (Phi) is 6.63. The molecular formula is C14H20Cl2N2O. The average molecular weight is 303 g/mol. The van der Waals surface area contributed by atoms with Gasteiger partial charge in [-0.2, -0.15) is 0 Å². The standard InChI is InChI=1S/C14H20Cl2N2O/c1-4-9(2)10(3)17-8-14(19)18-13-7-11(15)5-6-12(13)16/h5-7,9-10,17H,4,8H2,1-3H3,(H,18,19)/t9-,10-/m0/s1. The second kappa shape index (κ2) is 7.73. The molecule has 1 aromatic carbocycles. The van der Waals surface area contributed by atoms with Crippen LogP contribution in [-0.4, -0.2) is 18.5 Å². The van der Waals surface area contributed by atoms with Gasteiger partial charge >= 0.3 is 0 Å². The van der Waals surface area contributed by atoms with Crippen molar-refractivity contribution in [3.63, 3.8) is 0 Å². The van der Waals surface area contributed by atoms with Gasteiger partial charge in [0.15, 0.2) is 0 Å². The van der Waals surface area contributed by atoms with Crippen molar-refractivity contribution in [1.29, 1.82) is 0 Å². The highest BCUT2D eigenvalue weighted by atomic mass is 35.5. The van der Waals surface area contributed by atoms with E-state index in [0.717, 1.165) is 6.42 Å². The summed E-state index contributed by atoms with van der Waals surface area (Å²) in [6.45, 7) is 6.63. The quantitative estimate of drug-likeness (QED) is 0.835. The summed E-state index contributed by atoms with van der Waals surface area (Å²) in [7, 11) is 0. The number of hydrogen-bond acceptors (Lipinski definition) is 2. The van der Waals surface area contributed by atoms with Crippen LogP contribution in [0.5, 0.6) is 0 Å². The average Bonchev–Trinajstić information content (AvgIpc) is 2.39. The van der Waals surface area contributed by atoms with Crippen LogP contribution in [0.2, 0.25) is 10.0 Å². The van der Waals surface area contributed by atoms with Crippen LogP contribution in [0.15, 0.2) is 18.2 Å². The van der Waals surface area contributed by atoms with Gasteiger partial charge in [0.1, 0.15) is 0 Å². The van der Waals surface area contributed by atoms with E-state index >= 15 is 0 Å². The molecule has 0 bridgehead atoms. The van der Waals surface area contributed by atoms with E-state index in [0.29, 0.717) is 27.7 Å². The summed E-state index contributed by atoms with van der Waals surface area (Å²) >= 11 is 11.8. The number of amides is 1. The van der Waals surface area contributed by atoms with Crippen molar-refractivity contribution in [1.82, 2.24) is 5.32 Å². The van der Waals surface area contributed by atoms with Crippen LogP contribution in [0.4, 0.5) is 5.69 Å².